The van der Waals surface area contributed by atoms with Crippen molar-refractivity contribution in [2.75, 3.05) is 6.54 Å². The molecule has 0 saturated carbocycles. The van der Waals surface area contributed by atoms with Gasteiger partial charge in [0.25, 0.3) is 0 Å². The topological polar surface area (TPSA) is 47.3 Å². The van der Waals surface area contributed by atoms with Gasteiger partial charge in [0.05, 0.1) is 11.3 Å². The van der Waals surface area contributed by atoms with Crippen molar-refractivity contribution in [1.29, 1.82) is 0 Å². The molecule has 0 bridgehead atoms. The SMILES string of the molecule is CCNCc1ccc(OCc2c(C)noc2C)cc1. The Balaban J connectivity index is 1.93. The third-order valence-electron chi connectivity index (χ3n) is 3.07. The van der Waals surface area contributed by atoms with Gasteiger partial charge in [-0.3, -0.25) is 0 Å². The molecule has 102 valence electrons. The molecule has 4 nitrogen and oxygen atoms in total. The third-order valence-corrected chi connectivity index (χ3v) is 3.07. The first-order chi connectivity index (χ1) is 9.20. The number of rotatable bonds is 6. The zero-order valence-corrected chi connectivity index (χ0v) is 11.7. The Morgan fingerprint density at radius 1 is 1.21 bits per heavy atom. The molecule has 0 amide bonds. The fourth-order valence-corrected chi connectivity index (χ4v) is 1.84. The van der Waals surface area contributed by atoms with Gasteiger partial charge < -0.3 is 14.6 Å². The van der Waals surface area contributed by atoms with Crippen LogP contribution in [0.4, 0.5) is 0 Å². The number of nitrogens with one attached hydrogen (secondary N) is 1. The lowest BCUT2D eigenvalue weighted by Crippen LogP contribution is -2.11. The van der Waals surface area contributed by atoms with Gasteiger partial charge in [-0.1, -0.05) is 24.2 Å². The van der Waals surface area contributed by atoms with Crippen LogP contribution in [0.2, 0.25) is 0 Å². The standard InChI is InChI=1S/C15H20N2O2/c1-4-16-9-13-5-7-14(8-6-13)18-10-15-11(2)17-19-12(15)3/h5-8,16H,4,9-10H2,1-3H3. The van der Waals surface area contributed by atoms with Crippen molar-refractivity contribution in [2.45, 2.75) is 33.9 Å². The van der Waals surface area contributed by atoms with E-state index in [0.29, 0.717) is 6.61 Å². The smallest absolute Gasteiger partial charge is 0.140 e. The van der Waals surface area contributed by atoms with Crippen LogP contribution >= 0.6 is 0 Å². The summed E-state index contributed by atoms with van der Waals surface area (Å²) in [6, 6.07) is 8.13. The number of hydrogen-bond donors (Lipinski definition) is 1. The van der Waals surface area contributed by atoms with Gasteiger partial charge in [-0.05, 0) is 38.1 Å². The molecule has 1 aromatic heterocycles. The maximum Gasteiger partial charge on any atom is 0.140 e. The van der Waals surface area contributed by atoms with Crippen LogP contribution in [0.25, 0.3) is 0 Å². The normalized spacial score (nSPS) is 10.7. The summed E-state index contributed by atoms with van der Waals surface area (Å²) >= 11 is 0. The molecular formula is C15H20N2O2. The predicted octanol–water partition coefficient (Wildman–Crippen LogP) is 2.98. The molecule has 1 aromatic carbocycles. The molecule has 0 unspecified atom stereocenters. The zero-order valence-electron chi connectivity index (χ0n) is 11.7. The van der Waals surface area contributed by atoms with E-state index in [1.54, 1.807) is 0 Å². The van der Waals surface area contributed by atoms with E-state index < -0.39 is 0 Å². The average Bonchev–Trinajstić information content (AvgIpc) is 2.75. The highest BCUT2D eigenvalue weighted by Crippen LogP contribution is 2.17. The Hall–Kier alpha value is -1.81. The molecule has 0 aliphatic heterocycles. The van der Waals surface area contributed by atoms with E-state index in [-0.39, 0.29) is 0 Å². The van der Waals surface area contributed by atoms with Crippen LogP contribution in [0.3, 0.4) is 0 Å². The molecular weight excluding hydrogens is 240 g/mol. The molecule has 1 N–H and O–H groups in total. The highest BCUT2D eigenvalue weighted by Gasteiger charge is 2.09. The molecule has 0 saturated heterocycles. The average molecular weight is 260 g/mol. The summed E-state index contributed by atoms with van der Waals surface area (Å²) in [5.41, 5.74) is 3.17. The third kappa shape index (κ3) is 3.58. The lowest BCUT2D eigenvalue weighted by atomic mass is 10.2. The van der Waals surface area contributed by atoms with Gasteiger partial charge in [-0.15, -0.1) is 0 Å². The van der Waals surface area contributed by atoms with E-state index in [0.717, 1.165) is 35.9 Å². The second kappa shape index (κ2) is 6.38. The molecule has 2 rings (SSSR count). The molecule has 0 atom stereocenters. The van der Waals surface area contributed by atoms with Gasteiger partial charge >= 0.3 is 0 Å². The molecule has 0 aliphatic carbocycles. The highest BCUT2D eigenvalue weighted by atomic mass is 16.5. The Labute approximate surface area is 113 Å². The van der Waals surface area contributed by atoms with Crippen LogP contribution in [-0.4, -0.2) is 11.7 Å². The van der Waals surface area contributed by atoms with E-state index in [1.165, 1.54) is 5.56 Å². The minimum atomic E-state index is 0.494. The monoisotopic (exact) mass is 260 g/mol. The van der Waals surface area contributed by atoms with Crippen molar-refractivity contribution >= 4 is 0 Å². The zero-order chi connectivity index (χ0) is 13.7. The van der Waals surface area contributed by atoms with Crippen LogP contribution in [0.15, 0.2) is 28.8 Å². The van der Waals surface area contributed by atoms with Crippen LogP contribution in [0.1, 0.15) is 29.5 Å². The number of ether oxygens (including phenoxy) is 1. The number of nitrogens with zero attached hydrogens (tertiary/aromatic N) is 1. The first kappa shape index (κ1) is 13.6. The second-order valence-corrected chi connectivity index (χ2v) is 4.52. The van der Waals surface area contributed by atoms with E-state index >= 15 is 0 Å². The van der Waals surface area contributed by atoms with E-state index in [9.17, 15) is 0 Å². The number of hydrogen-bond acceptors (Lipinski definition) is 4. The number of benzene rings is 1. The van der Waals surface area contributed by atoms with Crippen molar-refractivity contribution in [3.05, 3.63) is 46.8 Å². The lowest BCUT2D eigenvalue weighted by molar-refractivity contribution is 0.301. The van der Waals surface area contributed by atoms with Gasteiger partial charge in [-0.25, -0.2) is 0 Å². The molecule has 19 heavy (non-hydrogen) atoms. The van der Waals surface area contributed by atoms with Gasteiger partial charge in [0, 0.05) is 6.54 Å². The first-order valence-electron chi connectivity index (χ1n) is 6.55. The van der Waals surface area contributed by atoms with Crippen molar-refractivity contribution < 1.29 is 9.26 Å². The second-order valence-electron chi connectivity index (χ2n) is 4.52. The summed E-state index contributed by atoms with van der Waals surface area (Å²) in [5.74, 6) is 1.68. The maximum absolute atomic E-state index is 5.75. The van der Waals surface area contributed by atoms with Gasteiger partial charge in [0.15, 0.2) is 0 Å². The minimum Gasteiger partial charge on any atom is -0.489 e. The van der Waals surface area contributed by atoms with Crippen LogP contribution in [0.5, 0.6) is 5.75 Å². The molecule has 0 fully saturated rings. The van der Waals surface area contributed by atoms with Gasteiger partial charge in [0.2, 0.25) is 0 Å². The fourth-order valence-electron chi connectivity index (χ4n) is 1.84. The summed E-state index contributed by atoms with van der Waals surface area (Å²) < 4.78 is 10.9. The Morgan fingerprint density at radius 3 is 2.53 bits per heavy atom. The minimum absolute atomic E-state index is 0.494. The maximum atomic E-state index is 5.75. The molecule has 0 aliphatic rings. The summed E-state index contributed by atoms with van der Waals surface area (Å²) in [6.45, 7) is 8.28. The summed E-state index contributed by atoms with van der Waals surface area (Å²) in [5, 5.41) is 7.20. The van der Waals surface area contributed by atoms with E-state index in [2.05, 4.69) is 29.5 Å². The lowest BCUT2D eigenvalue weighted by Gasteiger charge is -2.07. The quantitative estimate of drug-likeness (QED) is 0.867. The van der Waals surface area contributed by atoms with Crippen LogP contribution in [0, 0.1) is 13.8 Å². The summed E-state index contributed by atoms with van der Waals surface area (Å²) in [7, 11) is 0. The van der Waals surface area contributed by atoms with Crippen LogP contribution < -0.4 is 10.1 Å². The molecule has 1 heterocycles. The summed E-state index contributed by atoms with van der Waals surface area (Å²) in [4.78, 5) is 0. The van der Waals surface area contributed by atoms with Gasteiger partial charge in [-0.2, -0.15) is 0 Å². The summed E-state index contributed by atoms with van der Waals surface area (Å²) in [6.07, 6.45) is 0. The Morgan fingerprint density at radius 2 is 1.95 bits per heavy atom. The van der Waals surface area contributed by atoms with E-state index in [4.69, 9.17) is 9.26 Å². The highest BCUT2D eigenvalue weighted by molar-refractivity contribution is 5.28. The van der Waals surface area contributed by atoms with Crippen molar-refractivity contribution in [1.82, 2.24) is 10.5 Å². The van der Waals surface area contributed by atoms with Crippen LogP contribution in [-0.2, 0) is 13.2 Å². The van der Waals surface area contributed by atoms with Gasteiger partial charge in [0.1, 0.15) is 18.1 Å². The first-order valence-corrected chi connectivity index (χ1v) is 6.55. The largest absolute Gasteiger partial charge is 0.489 e. The van der Waals surface area contributed by atoms with Crippen molar-refractivity contribution in [2.24, 2.45) is 0 Å². The predicted molar refractivity (Wildman–Crippen MR) is 74.1 cm³/mol. The molecule has 0 radical (unpaired) electrons. The molecule has 4 heteroatoms. The Kier molecular flexibility index (Phi) is 4.58. The number of aryl methyl sites for hydroxylation is 2. The molecule has 2 aromatic rings. The van der Waals surface area contributed by atoms with Crippen molar-refractivity contribution in [3.63, 3.8) is 0 Å². The fraction of sp³-hybridized carbons (Fsp3) is 0.400. The van der Waals surface area contributed by atoms with Crippen molar-refractivity contribution in [3.8, 4) is 5.75 Å². The molecule has 0 spiro atoms. The number of aromatic nitrogens is 1. The Bertz CT molecular complexity index is 498. The van der Waals surface area contributed by atoms with E-state index in [1.807, 2.05) is 26.0 Å².